The highest BCUT2D eigenvalue weighted by atomic mass is 79.9. The molecule has 6 nitrogen and oxygen atoms in total. The summed E-state index contributed by atoms with van der Waals surface area (Å²) in [6.45, 7) is 15.7. The Morgan fingerprint density at radius 3 is 1.94 bits per heavy atom. The van der Waals surface area contributed by atoms with Gasteiger partial charge in [0.15, 0.2) is 0 Å². The van der Waals surface area contributed by atoms with Crippen LogP contribution >= 0.6 is 15.9 Å². The van der Waals surface area contributed by atoms with E-state index in [1.807, 2.05) is 39.8 Å². The van der Waals surface area contributed by atoms with Crippen LogP contribution in [0.25, 0.3) is 11.1 Å². The quantitative estimate of drug-likeness (QED) is 0.140. The van der Waals surface area contributed by atoms with Crippen LogP contribution in [-0.2, 0) is 30.7 Å². The summed E-state index contributed by atoms with van der Waals surface area (Å²) < 4.78 is 21.7. The average Bonchev–Trinajstić information content (AvgIpc) is 3.63. The van der Waals surface area contributed by atoms with Gasteiger partial charge in [0.05, 0.1) is 17.1 Å². The first-order valence-electron chi connectivity index (χ1n) is 17.7. The molecule has 0 saturated heterocycles. The second-order valence-corrected chi connectivity index (χ2v) is 16.6. The first-order chi connectivity index (χ1) is 23.8. The van der Waals surface area contributed by atoms with E-state index in [1.54, 1.807) is 12.3 Å². The van der Waals surface area contributed by atoms with E-state index in [0.717, 1.165) is 59.1 Å². The number of ether oxygens (including phenoxy) is 1. The number of fused-ring (bicyclic) bond motifs is 3. The van der Waals surface area contributed by atoms with E-state index < -0.39 is 17.2 Å². The van der Waals surface area contributed by atoms with Crippen LogP contribution in [0.15, 0.2) is 59.2 Å². The maximum atomic E-state index is 14.7. The minimum atomic E-state index is -0.736. The van der Waals surface area contributed by atoms with Crippen molar-refractivity contribution in [1.29, 1.82) is 0 Å². The summed E-state index contributed by atoms with van der Waals surface area (Å²) in [6.07, 6.45) is 5.65. The molecule has 6 rings (SSSR count). The molecule has 1 aromatic heterocycles. The fraction of sp³-hybridized carbons (Fsp3) is 0.455. The highest BCUT2D eigenvalue weighted by Crippen LogP contribution is 2.61. The van der Waals surface area contributed by atoms with Crippen molar-refractivity contribution in [2.75, 3.05) is 0 Å². The van der Waals surface area contributed by atoms with Crippen LogP contribution in [0.3, 0.4) is 0 Å². The molecule has 8 heteroatoms. The average molecular weight is 777 g/mol. The molecule has 0 radical (unpaired) electrons. The number of aliphatic carboxylic acids is 1. The Morgan fingerprint density at radius 1 is 0.885 bits per heavy atom. The maximum Gasteiger partial charge on any atom is 0.307 e. The van der Waals surface area contributed by atoms with Gasteiger partial charge in [-0.2, -0.15) is 0 Å². The molecule has 0 amide bonds. The number of benzene rings is 3. The summed E-state index contributed by atoms with van der Waals surface area (Å²) in [5.74, 6) is -0.693. The number of carbonyl (C=O) groups is 1. The van der Waals surface area contributed by atoms with E-state index in [0.29, 0.717) is 17.9 Å². The Morgan fingerprint density at radius 2 is 1.42 bits per heavy atom. The van der Waals surface area contributed by atoms with Crippen LogP contribution in [0.2, 0.25) is 0 Å². The molecular weight excluding hydrogens is 721 g/mol. The van der Waals surface area contributed by atoms with E-state index in [-0.39, 0.29) is 37.6 Å². The molecule has 0 aliphatic heterocycles. The normalized spacial score (nSPS) is 17.3. The topological polar surface area (TPSA) is 99.9 Å². The lowest BCUT2D eigenvalue weighted by molar-refractivity contribution is -0.139. The van der Waals surface area contributed by atoms with Crippen molar-refractivity contribution in [2.24, 2.45) is 11.8 Å². The molecular formula is C44H55BrFNO5. The van der Waals surface area contributed by atoms with Crippen molar-refractivity contribution in [3.8, 4) is 17.0 Å². The second kappa shape index (κ2) is 16.2. The third-order valence-electron chi connectivity index (χ3n) is 10.1. The molecule has 0 bridgehead atoms. The number of aliphatic hydroxyl groups is 2. The number of carboxylic acid groups (broad SMARTS) is 1. The van der Waals surface area contributed by atoms with E-state index in [4.69, 9.17) is 4.74 Å². The molecule has 3 aromatic carbocycles. The standard InChI is InChI=1S/C30H32FNO4.C13H19BrO.CH4/c1-16-9-18(7-8-30(3,4)35)10-17(2)26(16)19-5-6-24(31)21(11-19)15-36-25-13-20-12-22-27(23(20)14-32-25)28(22)29(33)34;1-9-7-11(5-6-13(3,4)15)8-10(2)12(9)14;/h5-6,9-11,13-14,22,27-28,35H,7-8,12,15H2,1-4H3,(H,33,34);7-8,15H,5-6H2,1-4H3;1H4/t22-,27-,28+;;/m1../s1. The predicted octanol–water partition coefficient (Wildman–Crippen LogP) is 10.2. The largest absolute Gasteiger partial charge is 0.481 e. The van der Waals surface area contributed by atoms with E-state index in [9.17, 15) is 24.5 Å². The van der Waals surface area contributed by atoms with Gasteiger partial charge in [-0.05, 0) is 161 Å². The van der Waals surface area contributed by atoms with E-state index in [1.165, 1.54) is 32.8 Å². The van der Waals surface area contributed by atoms with Crippen molar-refractivity contribution in [2.45, 2.75) is 119 Å². The molecule has 280 valence electrons. The van der Waals surface area contributed by atoms with Gasteiger partial charge in [0.2, 0.25) is 5.88 Å². The van der Waals surface area contributed by atoms with Gasteiger partial charge in [-0.25, -0.2) is 9.37 Å². The van der Waals surface area contributed by atoms with Gasteiger partial charge in [-0.1, -0.05) is 53.7 Å². The van der Waals surface area contributed by atoms with Gasteiger partial charge >= 0.3 is 5.97 Å². The minimum absolute atomic E-state index is 0. The lowest BCUT2D eigenvalue weighted by Crippen LogP contribution is -2.19. The van der Waals surface area contributed by atoms with Crippen LogP contribution in [0, 0.1) is 45.3 Å². The lowest BCUT2D eigenvalue weighted by atomic mass is 9.90. The molecule has 52 heavy (non-hydrogen) atoms. The third-order valence-corrected chi connectivity index (χ3v) is 11.4. The molecule has 0 spiro atoms. The highest BCUT2D eigenvalue weighted by Gasteiger charge is 2.60. The summed E-state index contributed by atoms with van der Waals surface area (Å²) >= 11 is 3.55. The van der Waals surface area contributed by atoms with Gasteiger partial charge in [-0.3, -0.25) is 4.79 Å². The number of nitrogens with zero attached hydrogens (tertiary/aromatic N) is 1. The van der Waals surface area contributed by atoms with Gasteiger partial charge in [0, 0.05) is 28.2 Å². The van der Waals surface area contributed by atoms with E-state index >= 15 is 0 Å². The molecule has 0 unspecified atom stereocenters. The monoisotopic (exact) mass is 775 g/mol. The van der Waals surface area contributed by atoms with Crippen LogP contribution in [0.1, 0.15) is 104 Å². The molecule has 1 heterocycles. The van der Waals surface area contributed by atoms with E-state index in [2.05, 4.69) is 72.9 Å². The van der Waals surface area contributed by atoms with Crippen LogP contribution in [0.4, 0.5) is 4.39 Å². The first kappa shape index (κ1) is 41.2. The number of halogens is 2. The predicted molar refractivity (Wildman–Crippen MR) is 211 cm³/mol. The van der Waals surface area contributed by atoms with Crippen molar-refractivity contribution in [3.05, 3.63) is 115 Å². The van der Waals surface area contributed by atoms with Crippen LogP contribution in [0.5, 0.6) is 5.88 Å². The number of pyridine rings is 1. The van der Waals surface area contributed by atoms with Gasteiger partial charge < -0.3 is 20.1 Å². The van der Waals surface area contributed by atoms with Crippen LogP contribution < -0.4 is 4.74 Å². The Bertz CT molecular complexity index is 1880. The molecule has 2 aliphatic rings. The summed E-state index contributed by atoms with van der Waals surface area (Å²) in [4.78, 5) is 15.7. The van der Waals surface area contributed by atoms with Gasteiger partial charge in [0.1, 0.15) is 12.4 Å². The van der Waals surface area contributed by atoms with Crippen LogP contribution in [-0.4, -0.2) is 37.5 Å². The second-order valence-electron chi connectivity index (χ2n) is 15.8. The maximum absolute atomic E-state index is 14.7. The summed E-state index contributed by atoms with van der Waals surface area (Å²) in [6, 6.07) is 15.6. The number of hydrogen-bond acceptors (Lipinski definition) is 5. The fourth-order valence-corrected chi connectivity index (χ4v) is 7.64. The summed E-state index contributed by atoms with van der Waals surface area (Å²) in [5, 5.41) is 29.0. The Hall–Kier alpha value is -3.59. The molecule has 1 fully saturated rings. The number of hydrogen-bond donors (Lipinski definition) is 3. The third kappa shape index (κ3) is 10.1. The zero-order valence-corrected chi connectivity index (χ0v) is 32.6. The number of aryl methyl sites for hydroxylation is 6. The first-order valence-corrected chi connectivity index (χ1v) is 18.5. The Balaban J connectivity index is 0.000000320. The fourth-order valence-electron chi connectivity index (χ4n) is 7.41. The molecule has 4 aromatic rings. The summed E-state index contributed by atoms with van der Waals surface area (Å²) in [7, 11) is 0. The van der Waals surface area contributed by atoms with Crippen molar-refractivity contribution >= 4 is 21.9 Å². The summed E-state index contributed by atoms with van der Waals surface area (Å²) in [5.41, 5.74) is 10.5. The molecule has 2 aliphatic carbocycles. The highest BCUT2D eigenvalue weighted by molar-refractivity contribution is 9.10. The molecule has 3 atom stereocenters. The molecule has 3 N–H and O–H groups in total. The zero-order valence-electron chi connectivity index (χ0n) is 31.0. The van der Waals surface area contributed by atoms with Crippen molar-refractivity contribution < 1.29 is 29.2 Å². The smallest absolute Gasteiger partial charge is 0.307 e. The number of aromatic nitrogens is 1. The minimum Gasteiger partial charge on any atom is -0.481 e. The van der Waals surface area contributed by atoms with Crippen molar-refractivity contribution in [3.63, 3.8) is 0 Å². The zero-order chi connectivity index (χ0) is 37.4. The Kier molecular flexibility index (Phi) is 12.8. The number of rotatable bonds is 11. The van der Waals surface area contributed by atoms with Crippen molar-refractivity contribution in [1.82, 2.24) is 4.98 Å². The SMILES string of the molecule is C.Cc1cc(CCC(C)(C)O)cc(C)c1-c1ccc(F)c(COc2cc3c(cn2)[C@H]2[C@@H](C3)[C@@H]2C(=O)O)c1.Cc1cc(CCC(C)(C)O)cc(C)c1Br. The molecule has 1 saturated carbocycles. The number of carboxylic acids is 1. The lowest BCUT2D eigenvalue weighted by Gasteiger charge is -2.18. The van der Waals surface area contributed by atoms with Gasteiger partial charge in [0.25, 0.3) is 0 Å². The Labute approximate surface area is 317 Å². The van der Waals surface area contributed by atoms with Gasteiger partial charge in [-0.15, -0.1) is 0 Å².